The van der Waals surface area contributed by atoms with E-state index in [4.69, 9.17) is 4.89 Å². The topological polar surface area (TPSA) is 29.5 Å². The number of hydrogen-bond acceptors (Lipinski definition) is 2. The fraction of sp³-hybridized carbons (Fsp3) is 1.00. The van der Waals surface area contributed by atoms with E-state index < -0.39 is 0 Å². The van der Waals surface area contributed by atoms with Crippen molar-refractivity contribution in [1.82, 2.24) is 0 Å². The Morgan fingerprint density at radius 1 is 1.83 bits per heavy atom. The van der Waals surface area contributed by atoms with Crippen LogP contribution in [0.25, 0.3) is 0 Å². The molecule has 0 saturated carbocycles. The first kappa shape index (κ1) is 6.35. The van der Waals surface area contributed by atoms with E-state index in [1.165, 1.54) is 0 Å². The van der Waals surface area contributed by atoms with Gasteiger partial charge in [-0.15, -0.1) is 0 Å². The lowest BCUT2D eigenvalue weighted by Crippen LogP contribution is -1.77. The third kappa shape index (κ3) is 4.35. The highest BCUT2D eigenvalue weighted by atomic mass is 31.1. The summed E-state index contributed by atoms with van der Waals surface area (Å²) in [7, 11) is -0.335. The van der Waals surface area contributed by atoms with Gasteiger partial charge >= 0.3 is 0 Å². The summed E-state index contributed by atoms with van der Waals surface area (Å²) in [4.78, 5) is 8.00. The van der Waals surface area contributed by atoms with E-state index in [2.05, 4.69) is 4.52 Å². The van der Waals surface area contributed by atoms with Crippen molar-refractivity contribution in [2.24, 2.45) is 0 Å². The van der Waals surface area contributed by atoms with Crippen LogP contribution in [-0.4, -0.2) is 11.5 Å². The van der Waals surface area contributed by atoms with Gasteiger partial charge in [0.25, 0.3) is 0 Å². The SMILES string of the molecule is CCCOPO. The largest absolute Gasteiger partial charge is 0.352 e. The summed E-state index contributed by atoms with van der Waals surface area (Å²) in [6.07, 6.45) is 0.980. The lowest BCUT2D eigenvalue weighted by molar-refractivity contribution is 0.326. The molecule has 0 aromatic carbocycles. The van der Waals surface area contributed by atoms with Crippen LogP contribution in [0.2, 0.25) is 0 Å². The minimum atomic E-state index is -0.335. The van der Waals surface area contributed by atoms with Crippen LogP contribution in [0.3, 0.4) is 0 Å². The molecule has 0 aliphatic carbocycles. The van der Waals surface area contributed by atoms with Gasteiger partial charge in [-0.3, -0.25) is 0 Å². The number of hydrogen-bond donors (Lipinski definition) is 1. The van der Waals surface area contributed by atoms with Crippen molar-refractivity contribution in [2.45, 2.75) is 13.3 Å². The zero-order valence-electron chi connectivity index (χ0n) is 3.77. The van der Waals surface area contributed by atoms with E-state index in [0.717, 1.165) is 6.42 Å². The van der Waals surface area contributed by atoms with Crippen molar-refractivity contribution in [2.75, 3.05) is 6.61 Å². The van der Waals surface area contributed by atoms with Crippen LogP contribution in [0.4, 0.5) is 0 Å². The molecule has 0 radical (unpaired) electrons. The smallest absolute Gasteiger partial charge is 0.152 e. The molecule has 0 rings (SSSR count). The van der Waals surface area contributed by atoms with Gasteiger partial charge in [0.15, 0.2) is 9.03 Å². The Kier molecular flexibility index (Phi) is 5.66. The highest BCUT2D eigenvalue weighted by molar-refractivity contribution is 7.24. The van der Waals surface area contributed by atoms with Crippen LogP contribution in [0.15, 0.2) is 0 Å². The number of rotatable bonds is 3. The molecule has 0 saturated heterocycles. The molecular weight excluding hydrogens is 99.0 g/mol. The van der Waals surface area contributed by atoms with E-state index in [1.807, 2.05) is 6.92 Å². The summed E-state index contributed by atoms with van der Waals surface area (Å²) < 4.78 is 4.57. The van der Waals surface area contributed by atoms with Gasteiger partial charge in [0.05, 0.1) is 6.61 Å². The molecule has 0 bridgehead atoms. The molecular formula is C3H9O2P. The van der Waals surface area contributed by atoms with E-state index in [9.17, 15) is 0 Å². The van der Waals surface area contributed by atoms with Crippen molar-refractivity contribution in [3.05, 3.63) is 0 Å². The van der Waals surface area contributed by atoms with Crippen LogP contribution in [0.1, 0.15) is 13.3 Å². The van der Waals surface area contributed by atoms with Crippen LogP contribution < -0.4 is 0 Å². The second-order valence-corrected chi connectivity index (χ2v) is 1.41. The van der Waals surface area contributed by atoms with E-state index in [-0.39, 0.29) is 9.03 Å². The summed E-state index contributed by atoms with van der Waals surface area (Å²) in [6, 6.07) is 0. The molecule has 1 N–H and O–H groups in total. The second-order valence-electron chi connectivity index (χ2n) is 0.940. The van der Waals surface area contributed by atoms with Crippen LogP contribution in [0.5, 0.6) is 0 Å². The monoisotopic (exact) mass is 108 g/mol. The normalized spacial score (nSPS) is 11.0. The summed E-state index contributed by atoms with van der Waals surface area (Å²) in [5.74, 6) is 0. The molecule has 0 amide bonds. The Bertz CT molecular complexity index is 20.8. The van der Waals surface area contributed by atoms with Crippen LogP contribution in [-0.2, 0) is 4.52 Å². The van der Waals surface area contributed by atoms with Gasteiger partial charge in [0, 0.05) is 0 Å². The molecule has 0 heterocycles. The lowest BCUT2D eigenvalue weighted by atomic mass is 10.5. The third-order valence-corrected chi connectivity index (χ3v) is 0.704. The van der Waals surface area contributed by atoms with Crippen molar-refractivity contribution in [3.63, 3.8) is 0 Å². The Morgan fingerprint density at radius 2 is 2.50 bits per heavy atom. The maximum Gasteiger partial charge on any atom is 0.152 e. The van der Waals surface area contributed by atoms with Crippen LogP contribution >= 0.6 is 9.03 Å². The first-order chi connectivity index (χ1) is 2.91. The van der Waals surface area contributed by atoms with Gasteiger partial charge in [-0.2, -0.15) is 0 Å². The summed E-state index contributed by atoms with van der Waals surface area (Å²) in [5.41, 5.74) is 0. The van der Waals surface area contributed by atoms with Crippen LogP contribution in [0, 0.1) is 0 Å². The van der Waals surface area contributed by atoms with Crippen molar-refractivity contribution in [1.29, 1.82) is 0 Å². The van der Waals surface area contributed by atoms with Gasteiger partial charge < -0.3 is 9.42 Å². The van der Waals surface area contributed by atoms with Gasteiger partial charge in [-0.05, 0) is 6.42 Å². The molecule has 0 aromatic rings. The van der Waals surface area contributed by atoms with Crippen molar-refractivity contribution >= 4 is 9.03 Å². The summed E-state index contributed by atoms with van der Waals surface area (Å²) in [6.45, 7) is 2.68. The maximum atomic E-state index is 8.00. The lowest BCUT2D eigenvalue weighted by Gasteiger charge is -1.89. The van der Waals surface area contributed by atoms with E-state index >= 15 is 0 Å². The van der Waals surface area contributed by atoms with E-state index in [0.29, 0.717) is 6.61 Å². The molecule has 38 valence electrons. The second kappa shape index (κ2) is 5.35. The highest BCUT2D eigenvalue weighted by Crippen LogP contribution is 2.01. The average Bonchev–Trinajstić information content (AvgIpc) is 1.61. The molecule has 0 fully saturated rings. The minimum Gasteiger partial charge on any atom is -0.352 e. The van der Waals surface area contributed by atoms with Gasteiger partial charge in [-0.1, -0.05) is 6.92 Å². The summed E-state index contributed by atoms with van der Waals surface area (Å²) in [5, 5.41) is 0. The standard InChI is InChI=1S/C3H9O2P/c1-2-3-5-6-4/h4,6H,2-3H2,1H3. The maximum absolute atomic E-state index is 8.00. The molecule has 0 spiro atoms. The first-order valence-electron chi connectivity index (χ1n) is 1.92. The quantitative estimate of drug-likeness (QED) is 0.430. The predicted octanol–water partition coefficient (Wildman–Crippen LogP) is 0.914. The van der Waals surface area contributed by atoms with E-state index in [1.54, 1.807) is 0 Å². The molecule has 2 nitrogen and oxygen atoms in total. The molecule has 6 heavy (non-hydrogen) atoms. The van der Waals surface area contributed by atoms with Gasteiger partial charge in [0.1, 0.15) is 0 Å². The molecule has 0 aliphatic heterocycles. The molecule has 1 atom stereocenters. The van der Waals surface area contributed by atoms with Crippen molar-refractivity contribution < 1.29 is 9.42 Å². The Morgan fingerprint density at radius 3 is 2.67 bits per heavy atom. The summed E-state index contributed by atoms with van der Waals surface area (Å²) >= 11 is 0. The van der Waals surface area contributed by atoms with Gasteiger partial charge in [-0.25, -0.2) is 0 Å². The Labute approximate surface area is 39.5 Å². The Balaban J connectivity index is 2.34. The molecule has 0 aliphatic rings. The minimum absolute atomic E-state index is 0.335. The zero-order valence-corrected chi connectivity index (χ0v) is 4.77. The highest BCUT2D eigenvalue weighted by Gasteiger charge is 1.74. The molecule has 1 unspecified atom stereocenters. The third-order valence-electron chi connectivity index (χ3n) is 0.371. The first-order valence-corrected chi connectivity index (χ1v) is 2.78. The zero-order chi connectivity index (χ0) is 4.83. The average molecular weight is 108 g/mol. The Hall–Kier alpha value is 0.350. The fourth-order valence-electron chi connectivity index (χ4n) is 0.148. The fourth-order valence-corrected chi connectivity index (χ4v) is 0.443. The predicted molar refractivity (Wildman–Crippen MR) is 26.8 cm³/mol. The molecule has 0 aromatic heterocycles. The van der Waals surface area contributed by atoms with Gasteiger partial charge in [0.2, 0.25) is 0 Å². The molecule has 3 heteroatoms. The van der Waals surface area contributed by atoms with Crippen molar-refractivity contribution in [3.8, 4) is 0 Å².